The Balaban J connectivity index is 1.99. The molecule has 0 aliphatic carbocycles. The van der Waals surface area contributed by atoms with E-state index >= 15 is 0 Å². The zero-order valence-corrected chi connectivity index (χ0v) is 15.6. The number of aromatic nitrogens is 1. The molecule has 5 heteroatoms. The molecule has 0 spiro atoms. The van der Waals surface area contributed by atoms with E-state index in [1.165, 1.54) is 16.9 Å². The number of thiazole rings is 1. The fourth-order valence-electron chi connectivity index (χ4n) is 2.77. The lowest BCUT2D eigenvalue weighted by Crippen LogP contribution is -2.17. The van der Waals surface area contributed by atoms with Crippen molar-refractivity contribution < 1.29 is 9.53 Å². The Hall–Kier alpha value is -2.40. The topological polar surface area (TPSA) is 43.6 Å². The quantitative estimate of drug-likeness (QED) is 0.692. The normalized spacial score (nSPS) is 11.9. The molecule has 0 saturated heterocycles. The molecule has 1 aromatic heterocycles. The van der Waals surface area contributed by atoms with Crippen LogP contribution in [-0.4, -0.2) is 17.1 Å². The number of aryl methyl sites for hydroxylation is 2. The van der Waals surface area contributed by atoms with Crippen molar-refractivity contribution in [3.8, 4) is 5.75 Å². The minimum absolute atomic E-state index is 0.129. The van der Waals surface area contributed by atoms with Crippen molar-refractivity contribution in [1.29, 1.82) is 0 Å². The average Bonchev–Trinajstić information content (AvgIpc) is 2.95. The fraction of sp³-hybridized carbons (Fsp3) is 0.300. The van der Waals surface area contributed by atoms with Gasteiger partial charge in [-0.2, -0.15) is 4.99 Å². The van der Waals surface area contributed by atoms with Gasteiger partial charge in [-0.3, -0.25) is 4.79 Å². The lowest BCUT2D eigenvalue weighted by atomic mass is 10.1. The lowest BCUT2D eigenvalue weighted by molar-refractivity contribution is -0.117. The summed E-state index contributed by atoms with van der Waals surface area (Å²) < 4.78 is 8.88. The molecule has 1 amide bonds. The molecule has 3 aromatic rings. The zero-order valence-electron chi connectivity index (χ0n) is 14.8. The number of hydrogen-bond donors (Lipinski definition) is 0. The predicted octanol–water partition coefficient (Wildman–Crippen LogP) is 4.10. The molecule has 2 aromatic carbocycles. The maximum absolute atomic E-state index is 12.4. The number of ether oxygens (including phenoxy) is 1. The van der Waals surface area contributed by atoms with Crippen LogP contribution in [0.1, 0.15) is 25.0 Å². The van der Waals surface area contributed by atoms with Gasteiger partial charge in [-0.1, -0.05) is 47.2 Å². The Labute approximate surface area is 151 Å². The second-order valence-electron chi connectivity index (χ2n) is 5.83. The molecule has 0 unspecified atom stereocenters. The Bertz CT molecular complexity index is 952. The number of benzene rings is 2. The van der Waals surface area contributed by atoms with Crippen LogP contribution in [0.15, 0.2) is 47.5 Å². The van der Waals surface area contributed by atoms with E-state index in [1.54, 1.807) is 0 Å². The number of nitrogens with zero attached hydrogens (tertiary/aromatic N) is 2. The monoisotopic (exact) mass is 354 g/mol. The molecule has 1 heterocycles. The summed E-state index contributed by atoms with van der Waals surface area (Å²) in [6, 6.07) is 14.0. The molecule has 0 radical (unpaired) electrons. The number of hydrogen-bond acceptors (Lipinski definition) is 3. The molecule has 0 aliphatic heterocycles. The van der Waals surface area contributed by atoms with E-state index in [-0.39, 0.29) is 5.91 Å². The summed E-state index contributed by atoms with van der Waals surface area (Å²) in [4.78, 5) is 17.5. The number of rotatable bonds is 5. The smallest absolute Gasteiger partial charge is 0.252 e. The van der Waals surface area contributed by atoms with Crippen molar-refractivity contribution >= 4 is 27.5 Å². The lowest BCUT2D eigenvalue weighted by Gasteiger charge is -2.07. The van der Waals surface area contributed by atoms with Gasteiger partial charge in [0.25, 0.3) is 5.91 Å². The third kappa shape index (κ3) is 3.82. The van der Waals surface area contributed by atoms with Gasteiger partial charge in [0.1, 0.15) is 11.3 Å². The van der Waals surface area contributed by atoms with Gasteiger partial charge < -0.3 is 9.30 Å². The molecule has 130 valence electrons. The van der Waals surface area contributed by atoms with Crippen LogP contribution in [0.3, 0.4) is 0 Å². The van der Waals surface area contributed by atoms with Crippen LogP contribution < -0.4 is 9.54 Å². The second kappa shape index (κ2) is 7.66. The van der Waals surface area contributed by atoms with Gasteiger partial charge in [0.15, 0.2) is 4.80 Å². The molecule has 0 saturated carbocycles. The largest absolute Gasteiger partial charge is 0.492 e. The summed E-state index contributed by atoms with van der Waals surface area (Å²) in [5.41, 5.74) is 3.18. The molecule has 0 fully saturated rings. The Morgan fingerprint density at radius 1 is 1.16 bits per heavy atom. The van der Waals surface area contributed by atoms with Crippen molar-refractivity contribution in [2.45, 2.75) is 33.7 Å². The molecule has 0 atom stereocenters. The highest BCUT2D eigenvalue weighted by Gasteiger charge is 2.11. The van der Waals surface area contributed by atoms with Crippen molar-refractivity contribution in [3.05, 3.63) is 58.4 Å². The average molecular weight is 354 g/mol. The third-order valence-corrected chi connectivity index (χ3v) is 5.02. The minimum Gasteiger partial charge on any atom is -0.492 e. The Kier molecular flexibility index (Phi) is 5.34. The molecular weight excluding hydrogens is 332 g/mol. The van der Waals surface area contributed by atoms with Crippen LogP contribution in [0.5, 0.6) is 5.75 Å². The fourth-order valence-corrected chi connectivity index (χ4v) is 3.90. The van der Waals surface area contributed by atoms with E-state index in [9.17, 15) is 4.79 Å². The molecule has 4 nitrogen and oxygen atoms in total. The standard InChI is InChI=1S/C20H22N2O2S/c1-4-22-19-16(24-5-2)7-6-8-17(19)25-20(22)21-18(23)13-15-11-9-14(3)10-12-15/h6-12H,4-5,13H2,1-3H3. The number of amides is 1. The number of fused-ring (bicyclic) bond motifs is 1. The Morgan fingerprint density at radius 2 is 1.92 bits per heavy atom. The highest BCUT2D eigenvalue weighted by atomic mass is 32.1. The van der Waals surface area contributed by atoms with E-state index in [4.69, 9.17) is 4.74 Å². The van der Waals surface area contributed by atoms with Crippen LogP contribution in [0, 0.1) is 6.92 Å². The van der Waals surface area contributed by atoms with Crippen molar-refractivity contribution in [1.82, 2.24) is 4.57 Å². The predicted molar refractivity (Wildman–Crippen MR) is 102 cm³/mol. The van der Waals surface area contributed by atoms with Gasteiger partial charge in [-0.25, -0.2) is 0 Å². The number of para-hydroxylation sites is 1. The van der Waals surface area contributed by atoms with Crippen LogP contribution in [0.4, 0.5) is 0 Å². The molecule has 0 bridgehead atoms. The van der Waals surface area contributed by atoms with Gasteiger partial charge in [0.2, 0.25) is 0 Å². The zero-order chi connectivity index (χ0) is 17.8. The van der Waals surface area contributed by atoms with Crippen LogP contribution in [-0.2, 0) is 17.8 Å². The van der Waals surface area contributed by atoms with Gasteiger partial charge in [-0.05, 0) is 38.5 Å². The van der Waals surface area contributed by atoms with Crippen LogP contribution in [0.25, 0.3) is 10.2 Å². The third-order valence-electron chi connectivity index (χ3n) is 3.98. The van der Waals surface area contributed by atoms with E-state index in [0.29, 0.717) is 13.0 Å². The molecule has 0 N–H and O–H groups in total. The van der Waals surface area contributed by atoms with E-state index in [1.807, 2.05) is 56.3 Å². The highest BCUT2D eigenvalue weighted by Crippen LogP contribution is 2.27. The molecular formula is C20H22N2O2S. The summed E-state index contributed by atoms with van der Waals surface area (Å²) in [6.45, 7) is 7.40. The summed E-state index contributed by atoms with van der Waals surface area (Å²) >= 11 is 1.53. The summed E-state index contributed by atoms with van der Waals surface area (Å²) in [6.07, 6.45) is 0.316. The van der Waals surface area contributed by atoms with E-state index in [0.717, 1.165) is 32.9 Å². The summed E-state index contributed by atoms with van der Waals surface area (Å²) in [7, 11) is 0. The Morgan fingerprint density at radius 3 is 2.60 bits per heavy atom. The van der Waals surface area contributed by atoms with E-state index < -0.39 is 0 Å². The van der Waals surface area contributed by atoms with Crippen molar-refractivity contribution in [2.75, 3.05) is 6.61 Å². The number of carbonyl (C=O) groups excluding carboxylic acids is 1. The first kappa shape index (κ1) is 17.4. The maximum Gasteiger partial charge on any atom is 0.252 e. The second-order valence-corrected chi connectivity index (χ2v) is 6.84. The van der Waals surface area contributed by atoms with Gasteiger partial charge >= 0.3 is 0 Å². The first-order valence-corrected chi connectivity index (χ1v) is 9.32. The molecule has 25 heavy (non-hydrogen) atoms. The molecule has 0 aliphatic rings. The molecule has 3 rings (SSSR count). The first-order chi connectivity index (χ1) is 12.1. The maximum atomic E-state index is 12.4. The van der Waals surface area contributed by atoms with Crippen molar-refractivity contribution in [3.63, 3.8) is 0 Å². The van der Waals surface area contributed by atoms with E-state index in [2.05, 4.69) is 16.5 Å². The van der Waals surface area contributed by atoms with Crippen molar-refractivity contribution in [2.24, 2.45) is 4.99 Å². The summed E-state index contributed by atoms with van der Waals surface area (Å²) in [5.74, 6) is 0.709. The van der Waals surface area contributed by atoms with Crippen LogP contribution in [0.2, 0.25) is 0 Å². The van der Waals surface area contributed by atoms with Gasteiger partial charge in [-0.15, -0.1) is 0 Å². The summed E-state index contributed by atoms with van der Waals surface area (Å²) in [5, 5.41) is 0. The highest BCUT2D eigenvalue weighted by molar-refractivity contribution is 7.16. The number of carbonyl (C=O) groups is 1. The minimum atomic E-state index is -0.129. The van der Waals surface area contributed by atoms with Crippen LogP contribution >= 0.6 is 11.3 Å². The first-order valence-electron chi connectivity index (χ1n) is 8.50. The SMILES string of the molecule is CCOc1cccc2sc(=NC(=O)Cc3ccc(C)cc3)n(CC)c12. The van der Waals surface area contributed by atoms with Gasteiger partial charge in [0, 0.05) is 6.54 Å². The van der Waals surface area contributed by atoms with Gasteiger partial charge in [0.05, 0.1) is 17.7 Å².